The fourth-order valence-corrected chi connectivity index (χ4v) is 3.19. The fraction of sp³-hybridized carbons (Fsp3) is 0.923. The van der Waals surface area contributed by atoms with Crippen molar-refractivity contribution in [2.75, 3.05) is 18.9 Å². The van der Waals surface area contributed by atoms with Crippen LogP contribution in [-0.4, -0.2) is 44.7 Å². The van der Waals surface area contributed by atoms with Gasteiger partial charge in [0.2, 0.25) is 0 Å². The van der Waals surface area contributed by atoms with Gasteiger partial charge in [-0.25, -0.2) is 0 Å². The van der Waals surface area contributed by atoms with E-state index in [1.807, 2.05) is 27.6 Å². The van der Waals surface area contributed by atoms with Crippen LogP contribution in [0.15, 0.2) is 0 Å². The van der Waals surface area contributed by atoms with Crippen molar-refractivity contribution in [1.29, 1.82) is 0 Å². The van der Waals surface area contributed by atoms with Gasteiger partial charge in [0.15, 0.2) is 0 Å². The first-order valence-electron chi connectivity index (χ1n) is 7.09. The van der Waals surface area contributed by atoms with Crippen LogP contribution in [0, 0.1) is 0 Å². The summed E-state index contributed by atoms with van der Waals surface area (Å²) in [5.74, 6) is -0.127. The summed E-state index contributed by atoms with van der Waals surface area (Å²) < 4.78 is 11.2. The number of ether oxygens (including phenoxy) is 1. The van der Waals surface area contributed by atoms with E-state index in [0.29, 0.717) is 6.42 Å². The summed E-state index contributed by atoms with van der Waals surface area (Å²) in [6.45, 7) is 10.5. The van der Waals surface area contributed by atoms with Crippen molar-refractivity contribution in [3.8, 4) is 0 Å². The quantitative estimate of drug-likeness (QED) is 0.268. The summed E-state index contributed by atoms with van der Waals surface area (Å²) >= 11 is 0. The standard InChI is InChI=1S/C13H27B2O3P/c1-5-6-9-17-19(11-8-15-14)10-7-12(16)18-13(2,3)4/h14H,5-11H2,1-4H3. The van der Waals surface area contributed by atoms with Gasteiger partial charge in [-0.2, -0.15) is 0 Å². The van der Waals surface area contributed by atoms with Gasteiger partial charge in [0.25, 0.3) is 0 Å². The van der Waals surface area contributed by atoms with Gasteiger partial charge in [-0.15, -0.1) is 0 Å². The first-order chi connectivity index (χ1) is 8.89. The topological polar surface area (TPSA) is 35.5 Å². The summed E-state index contributed by atoms with van der Waals surface area (Å²) in [7, 11) is 3.21. The zero-order valence-corrected chi connectivity index (χ0v) is 13.8. The molecule has 19 heavy (non-hydrogen) atoms. The van der Waals surface area contributed by atoms with E-state index in [0.717, 1.165) is 38.1 Å². The molecule has 0 aromatic heterocycles. The Morgan fingerprint density at radius 3 is 2.53 bits per heavy atom. The first-order valence-corrected chi connectivity index (χ1v) is 8.72. The molecule has 0 heterocycles. The monoisotopic (exact) mass is 284 g/mol. The molecule has 0 rings (SSSR count). The van der Waals surface area contributed by atoms with E-state index in [4.69, 9.17) is 9.26 Å². The molecule has 0 spiro atoms. The summed E-state index contributed by atoms with van der Waals surface area (Å²) in [5.41, 5.74) is -0.399. The van der Waals surface area contributed by atoms with E-state index in [2.05, 4.69) is 14.3 Å². The Hall–Kier alpha value is -0.0101. The van der Waals surface area contributed by atoms with E-state index < -0.39 is 13.7 Å². The van der Waals surface area contributed by atoms with E-state index in [1.54, 1.807) is 0 Å². The molecule has 0 saturated heterocycles. The zero-order chi connectivity index (χ0) is 14.7. The van der Waals surface area contributed by atoms with Crippen molar-refractivity contribution in [1.82, 2.24) is 0 Å². The zero-order valence-electron chi connectivity index (χ0n) is 12.9. The normalized spacial score (nSPS) is 12.8. The second-order valence-electron chi connectivity index (χ2n) is 5.53. The molecule has 0 aromatic carbocycles. The van der Waals surface area contributed by atoms with Gasteiger partial charge in [-0.3, -0.25) is 0 Å². The minimum atomic E-state index is -0.524. The van der Waals surface area contributed by atoms with Crippen molar-refractivity contribution in [3.63, 3.8) is 0 Å². The number of rotatable bonds is 10. The molecule has 0 aliphatic heterocycles. The number of unbranched alkanes of at least 4 members (excludes halogenated alkanes) is 1. The van der Waals surface area contributed by atoms with Gasteiger partial charge in [-0.05, 0) is 0 Å². The summed E-state index contributed by atoms with van der Waals surface area (Å²) in [4.78, 5) is 11.7. The number of carbonyl (C=O) groups excluding carboxylic acids is 1. The molecule has 0 aliphatic rings. The molecule has 1 unspecified atom stereocenters. The van der Waals surface area contributed by atoms with Crippen LogP contribution < -0.4 is 0 Å². The van der Waals surface area contributed by atoms with E-state index in [-0.39, 0.29) is 5.97 Å². The predicted molar refractivity (Wildman–Crippen MR) is 85.7 cm³/mol. The molecular formula is C13H27B2O3P. The minimum absolute atomic E-state index is 0.127. The molecule has 0 radical (unpaired) electrons. The fourth-order valence-electron chi connectivity index (χ4n) is 1.42. The van der Waals surface area contributed by atoms with Crippen LogP contribution in [0.1, 0.15) is 47.0 Å². The average Bonchev–Trinajstić information content (AvgIpc) is 2.30. The molecule has 0 fully saturated rings. The Bertz CT molecular complexity index is 267. The van der Waals surface area contributed by atoms with Crippen LogP contribution >= 0.6 is 8.15 Å². The third-order valence-corrected chi connectivity index (χ3v) is 4.37. The van der Waals surface area contributed by atoms with Crippen LogP contribution in [-0.2, 0) is 14.1 Å². The molecule has 108 valence electrons. The molecular weight excluding hydrogens is 257 g/mol. The van der Waals surface area contributed by atoms with Crippen LogP contribution in [0.2, 0.25) is 6.32 Å². The predicted octanol–water partition coefficient (Wildman–Crippen LogP) is 2.87. The van der Waals surface area contributed by atoms with Gasteiger partial charge < -0.3 is 0 Å². The molecule has 3 nitrogen and oxygen atoms in total. The van der Waals surface area contributed by atoms with Crippen molar-refractivity contribution < 1.29 is 14.1 Å². The van der Waals surface area contributed by atoms with Gasteiger partial charge in [-0.1, -0.05) is 0 Å². The molecule has 6 heteroatoms. The SMILES string of the molecule is B=BCCP(CCC(=O)OC(C)(C)C)OCCCC. The Balaban J connectivity index is 4.01. The Morgan fingerprint density at radius 2 is 2.00 bits per heavy atom. The van der Waals surface area contributed by atoms with Crippen LogP contribution in [0.4, 0.5) is 0 Å². The number of hydrogen-bond acceptors (Lipinski definition) is 3. The molecule has 0 amide bonds. The maximum atomic E-state index is 11.7. The molecule has 0 N–H and O–H groups in total. The number of esters is 1. The first kappa shape index (κ1) is 19.0. The van der Waals surface area contributed by atoms with Gasteiger partial charge in [0.1, 0.15) is 0 Å². The Kier molecular flexibility index (Phi) is 10.7. The molecule has 0 saturated carbocycles. The van der Waals surface area contributed by atoms with Crippen molar-refractivity contribution >= 4 is 28.3 Å². The summed E-state index contributed by atoms with van der Waals surface area (Å²) in [6, 6.07) is 0. The molecule has 1 atom stereocenters. The Labute approximate surface area is 120 Å². The molecule has 0 bridgehead atoms. The second-order valence-corrected chi connectivity index (χ2v) is 7.65. The van der Waals surface area contributed by atoms with E-state index >= 15 is 0 Å². The van der Waals surface area contributed by atoms with Crippen LogP contribution in [0.3, 0.4) is 0 Å². The molecule has 0 aliphatic carbocycles. The number of hydrogen-bond donors (Lipinski definition) is 0. The van der Waals surface area contributed by atoms with Gasteiger partial charge in [0.05, 0.1) is 0 Å². The van der Waals surface area contributed by atoms with E-state index in [9.17, 15) is 4.79 Å². The third kappa shape index (κ3) is 12.8. The second kappa shape index (κ2) is 10.7. The van der Waals surface area contributed by atoms with Crippen molar-refractivity contribution in [3.05, 3.63) is 0 Å². The van der Waals surface area contributed by atoms with Gasteiger partial charge in [0, 0.05) is 0 Å². The van der Waals surface area contributed by atoms with Gasteiger partial charge >= 0.3 is 120 Å². The number of carbonyl (C=O) groups is 1. The van der Waals surface area contributed by atoms with Crippen LogP contribution in [0.5, 0.6) is 0 Å². The van der Waals surface area contributed by atoms with Crippen molar-refractivity contribution in [2.24, 2.45) is 0 Å². The summed E-state index contributed by atoms with van der Waals surface area (Å²) in [5, 5.41) is 0. The maximum absolute atomic E-state index is 11.7. The van der Waals surface area contributed by atoms with E-state index in [1.165, 1.54) is 0 Å². The molecule has 0 aromatic rings. The van der Waals surface area contributed by atoms with Crippen molar-refractivity contribution in [2.45, 2.75) is 58.9 Å². The summed E-state index contributed by atoms with van der Waals surface area (Å²) in [6.07, 6.45) is 5.40. The Morgan fingerprint density at radius 1 is 1.32 bits per heavy atom. The average molecular weight is 284 g/mol. The third-order valence-electron chi connectivity index (χ3n) is 2.34. The van der Waals surface area contributed by atoms with Crippen LogP contribution in [0.25, 0.3) is 0 Å².